The maximum Gasteiger partial charge on any atom is 0.326 e. The van der Waals surface area contributed by atoms with Crippen molar-refractivity contribution in [1.29, 1.82) is 0 Å². The second kappa shape index (κ2) is 8.86. The van der Waals surface area contributed by atoms with Crippen molar-refractivity contribution in [3.05, 3.63) is 29.3 Å². The lowest BCUT2D eigenvalue weighted by atomic mass is 9.67. The zero-order valence-corrected chi connectivity index (χ0v) is 18.8. The first-order valence-corrected chi connectivity index (χ1v) is 10.7. The highest BCUT2D eigenvalue weighted by Gasteiger charge is 2.53. The zero-order chi connectivity index (χ0) is 22.8. The number of ether oxygens (including phenoxy) is 1. The number of nitrogens with zero attached hydrogens (tertiary/aromatic N) is 1. The van der Waals surface area contributed by atoms with Crippen molar-refractivity contribution in [2.24, 2.45) is 11.3 Å². The molecule has 0 atom stereocenters. The number of esters is 1. The van der Waals surface area contributed by atoms with Gasteiger partial charge in [-0.1, -0.05) is 32.4 Å². The molecule has 1 aromatic rings. The molecule has 0 bridgehead atoms. The van der Waals surface area contributed by atoms with Crippen LogP contribution in [0, 0.1) is 11.3 Å². The first-order valence-electron chi connectivity index (χ1n) is 10.4. The molecule has 8 nitrogen and oxygen atoms in total. The molecule has 1 saturated heterocycles. The predicted octanol–water partition coefficient (Wildman–Crippen LogP) is 3.35. The SMILES string of the molecule is CC(C)(C)C1CCC2(CC1)NC(=O)N(CC(=O)OCC(=O)Nc1ccc(Cl)cc1)C2=O. The van der Waals surface area contributed by atoms with Gasteiger partial charge in [0.15, 0.2) is 6.61 Å². The van der Waals surface area contributed by atoms with Gasteiger partial charge in [0.25, 0.3) is 11.8 Å². The van der Waals surface area contributed by atoms with Crippen LogP contribution in [0.5, 0.6) is 0 Å². The first kappa shape index (κ1) is 23.1. The summed E-state index contributed by atoms with van der Waals surface area (Å²) in [5.41, 5.74) is -0.290. The Balaban J connectivity index is 1.50. The van der Waals surface area contributed by atoms with Crippen LogP contribution in [-0.2, 0) is 19.1 Å². The highest BCUT2D eigenvalue weighted by Crippen LogP contribution is 2.43. The molecular weight excluding hydrogens is 422 g/mol. The summed E-state index contributed by atoms with van der Waals surface area (Å²) in [6.45, 7) is 5.48. The molecule has 31 heavy (non-hydrogen) atoms. The minimum atomic E-state index is -0.939. The Bertz CT molecular complexity index is 870. The molecular formula is C22H28ClN3O5. The van der Waals surface area contributed by atoms with E-state index in [1.54, 1.807) is 24.3 Å². The monoisotopic (exact) mass is 449 g/mol. The minimum Gasteiger partial charge on any atom is -0.454 e. The lowest BCUT2D eigenvalue weighted by Crippen LogP contribution is -2.50. The molecule has 1 spiro atoms. The minimum absolute atomic E-state index is 0.142. The van der Waals surface area contributed by atoms with Crippen molar-refractivity contribution in [3.8, 4) is 0 Å². The van der Waals surface area contributed by atoms with Crippen molar-refractivity contribution in [1.82, 2.24) is 10.2 Å². The average molecular weight is 450 g/mol. The van der Waals surface area contributed by atoms with E-state index in [-0.39, 0.29) is 5.41 Å². The Morgan fingerprint density at radius 3 is 2.39 bits per heavy atom. The third-order valence-electron chi connectivity index (χ3n) is 6.09. The highest BCUT2D eigenvalue weighted by molar-refractivity contribution is 6.30. The molecule has 9 heteroatoms. The van der Waals surface area contributed by atoms with Gasteiger partial charge in [-0.3, -0.25) is 19.3 Å². The van der Waals surface area contributed by atoms with Crippen molar-refractivity contribution < 1.29 is 23.9 Å². The van der Waals surface area contributed by atoms with Crippen molar-refractivity contribution >= 4 is 41.1 Å². The number of hydrogen-bond acceptors (Lipinski definition) is 5. The van der Waals surface area contributed by atoms with Gasteiger partial charge in [-0.15, -0.1) is 0 Å². The Morgan fingerprint density at radius 1 is 1.19 bits per heavy atom. The number of benzene rings is 1. The second-order valence-electron chi connectivity index (χ2n) is 9.26. The van der Waals surface area contributed by atoms with Crippen LogP contribution in [0.15, 0.2) is 24.3 Å². The number of carbonyl (C=O) groups is 4. The first-order chi connectivity index (χ1) is 14.5. The second-order valence-corrected chi connectivity index (χ2v) is 9.70. The van der Waals surface area contributed by atoms with Crippen LogP contribution in [-0.4, -0.2) is 47.4 Å². The lowest BCUT2D eigenvalue weighted by Gasteiger charge is -2.40. The summed E-state index contributed by atoms with van der Waals surface area (Å²) in [6.07, 6.45) is 2.76. The number of carbonyl (C=O) groups excluding carboxylic acids is 4. The van der Waals surface area contributed by atoms with Crippen LogP contribution < -0.4 is 10.6 Å². The summed E-state index contributed by atoms with van der Waals surface area (Å²) in [5, 5.41) is 5.88. The number of rotatable bonds is 5. The van der Waals surface area contributed by atoms with Gasteiger partial charge in [-0.2, -0.15) is 0 Å². The van der Waals surface area contributed by atoms with Crippen molar-refractivity contribution in [3.63, 3.8) is 0 Å². The van der Waals surface area contributed by atoms with Gasteiger partial charge in [0.1, 0.15) is 12.1 Å². The molecule has 1 saturated carbocycles. The summed E-state index contributed by atoms with van der Waals surface area (Å²) in [4.78, 5) is 50.3. The Labute approximate surface area is 186 Å². The van der Waals surface area contributed by atoms with E-state index in [4.69, 9.17) is 16.3 Å². The fraction of sp³-hybridized carbons (Fsp3) is 0.545. The van der Waals surface area contributed by atoms with E-state index >= 15 is 0 Å². The third kappa shape index (κ3) is 5.36. The Kier molecular flexibility index (Phi) is 6.59. The molecule has 2 N–H and O–H groups in total. The molecule has 1 aliphatic carbocycles. The van der Waals surface area contributed by atoms with Gasteiger partial charge >= 0.3 is 12.0 Å². The normalized spacial score (nSPS) is 23.6. The van der Waals surface area contributed by atoms with E-state index < -0.39 is 42.5 Å². The van der Waals surface area contributed by atoms with Gasteiger partial charge in [0.05, 0.1) is 0 Å². The number of imide groups is 1. The molecule has 2 fully saturated rings. The summed E-state index contributed by atoms with van der Waals surface area (Å²) in [6, 6.07) is 5.87. The summed E-state index contributed by atoms with van der Waals surface area (Å²) in [5.74, 6) is -1.28. The molecule has 168 valence electrons. The number of halogens is 1. The van der Waals surface area contributed by atoms with Crippen LogP contribution in [0.4, 0.5) is 10.5 Å². The van der Waals surface area contributed by atoms with Gasteiger partial charge < -0.3 is 15.4 Å². The quantitative estimate of drug-likeness (QED) is 0.529. The van der Waals surface area contributed by atoms with Crippen LogP contribution >= 0.6 is 11.6 Å². The molecule has 0 radical (unpaired) electrons. The van der Waals surface area contributed by atoms with Crippen LogP contribution in [0.25, 0.3) is 0 Å². The smallest absolute Gasteiger partial charge is 0.326 e. The topological polar surface area (TPSA) is 105 Å². The molecule has 4 amide bonds. The number of hydrogen-bond donors (Lipinski definition) is 2. The van der Waals surface area contributed by atoms with Crippen LogP contribution in [0.2, 0.25) is 5.02 Å². The van der Waals surface area contributed by atoms with E-state index in [2.05, 4.69) is 31.4 Å². The fourth-order valence-corrected chi connectivity index (χ4v) is 4.31. The molecule has 1 aliphatic heterocycles. The van der Waals surface area contributed by atoms with Crippen molar-refractivity contribution in [2.75, 3.05) is 18.5 Å². The zero-order valence-electron chi connectivity index (χ0n) is 18.0. The van der Waals surface area contributed by atoms with Gasteiger partial charge in [-0.05, 0) is 61.3 Å². The maximum absolute atomic E-state index is 12.9. The van der Waals surface area contributed by atoms with E-state index in [1.807, 2.05) is 0 Å². The summed E-state index contributed by atoms with van der Waals surface area (Å²) < 4.78 is 4.94. The Morgan fingerprint density at radius 2 is 1.81 bits per heavy atom. The van der Waals surface area contributed by atoms with Crippen LogP contribution in [0.1, 0.15) is 46.5 Å². The van der Waals surface area contributed by atoms with Crippen LogP contribution in [0.3, 0.4) is 0 Å². The molecule has 0 aromatic heterocycles. The molecule has 0 unspecified atom stereocenters. The molecule has 2 aliphatic rings. The fourth-order valence-electron chi connectivity index (χ4n) is 4.19. The predicted molar refractivity (Wildman–Crippen MR) is 115 cm³/mol. The molecule has 3 rings (SSSR count). The van der Waals surface area contributed by atoms with E-state index in [0.29, 0.717) is 29.5 Å². The van der Waals surface area contributed by atoms with E-state index in [0.717, 1.165) is 17.7 Å². The standard InChI is InChI=1S/C22H28ClN3O5/c1-21(2,3)14-8-10-22(11-9-14)19(29)26(20(30)25-22)12-18(28)31-13-17(27)24-16-6-4-15(23)5-7-16/h4-7,14H,8-13H2,1-3H3,(H,24,27)(H,25,30). The third-order valence-corrected chi connectivity index (χ3v) is 6.34. The van der Waals surface area contributed by atoms with E-state index in [1.165, 1.54) is 0 Å². The van der Waals surface area contributed by atoms with Gasteiger partial charge in [-0.25, -0.2) is 4.79 Å². The summed E-state index contributed by atoms with van der Waals surface area (Å²) in [7, 11) is 0. The lowest BCUT2D eigenvalue weighted by molar-refractivity contribution is -0.150. The maximum atomic E-state index is 12.9. The number of urea groups is 1. The van der Waals surface area contributed by atoms with Gasteiger partial charge in [0, 0.05) is 10.7 Å². The van der Waals surface area contributed by atoms with Gasteiger partial charge in [0.2, 0.25) is 0 Å². The number of nitrogens with one attached hydrogen (secondary N) is 2. The molecule has 1 aromatic carbocycles. The number of anilines is 1. The van der Waals surface area contributed by atoms with Crippen molar-refractivity contribution in [2.45, 2.75) is 52.0 Å². The summed E-state index contributed by atoms with van der Waals surface area (Å²) >= 11 is 5.79. The highest BCUT2D eigenvalue weighted by atomic mass is 35.5. The Hall–Kier alpha value is -2.61. The molecule has 1 heterocycles. The van der Waals surface area contributed by atoms with E-state index in [9.17, 15) is 19.2 Å². The largest absolute Gasteiger partial charge is 0.454 e. The average Bonchev–Trinajstić information content (AvgIpc) is 2.92. The number of amides is 4.